The second-order valence-corrected chi connectivity index (χ2v) is 4.96. The largest absolute Gasteiger partial charge is 0.303 e. The molecular formula is C18H14N2. The van der Waals surface area contributed by atoms with Gasteiger partial charge in [0.25, 0.3) is 0 Å². The van der Waals surface area contributed by atoms with Crippen LogP contribution in [0.2, 0.25) is 0 Å². The van der Waals surface area contributed by atoms with Crippen molar-refractivity contribution in [3.8, 4) is 5.69 Å². The Labute approximate surface area is 118 Å². The number of fused-ring (bicyclic) bond motifs is 1. The Morgan fingerprint density at radius 1 is 0.900 bits per heavy atom. The number of hydrogen-bond donors (Lipinski definition) is 0. The van der Waals surface area contributed by atoms with E-state index in [-0.39, 0.29) is 5.92 Å². The number of imidazole rings is 1. The van der Waals surface area contributed by atoms with Gasteiger partial charge in [0.1, 0.15) is 5.82 Å². The average molecular weight is 258 g/mol. The van der Waals surface area contributed by atoms with Gasteiger partial charge >= 0.3 is 0 Å². The molecule has 1 aliphatic carbocycles. The van der Waals surface area contributed by atoms with Crippen molar-refractivity contribution < 1.29 is 0 Å². The summed E-state index contributed by atoms with van der Waals surface area (Å²) in [4.78, 5) is 4.59. The third-order valence-corrected chi connectivity index (χ3v) is 3.78. The van der Waals surface area contributed by atoms with Gasteiger partial charge in [-0.15, -0.1) is 0 Å². The molecule has 1 unspecified atom stereocenters. The van der Waals surface area contributed by atoms with Crippen LogP contribution in [0.4, 0.5) is 0 Å². The summed E-state index contributed by atoms with van der Waals surface area (Å²) in [5, 5.41) is 0. The maximum absolute atomic E-state index is 4.59. The van der Waals surface area contributed by atoms with Gasteiger partial charge in [-0.05, 0) is 23.3 Å². The molecule has 96 valence electrons. The number of nitrogens with zero attached hydrogens (tertiary/aromatic N) is 2. The Kier molecular flexibility index (Phi) is 2.52. The summed E-state index contributed by atoms with van der Waals surface area (Å²) in [7, 11) is 0. The lowest BCUT2D eigenvalue weighted by molar-refractivity contribution is 0.853. The van der Waals surface area contributed by atoms with Crippen molar-refractivity contribution in [3.63, 3.8) is 0 Å². The Morgan fingerprint density at radius 2 is 1.70 bits per heavy atom. The first-order valence-electron chi connectivity index (χ1n) is 6.79. The van der Waals surface area contributed by atoms with Crippen LogP contribution in [0.25, 0.3) is 11.8 Å². The lowest BCUT2D eigenvalue weighted by Gasteiger charge is -2.13. The maximum atomic E-state index is 4.59. The summed E-state index contributed by atoms with van der Waals surface area (Å²) in [5.74, 6) is 1.30. The van der Waals surface area contributed by atoms with Crippen LogP contribution in [0.5, 0.6) is 0 Å². The van der Waals surface area contributed by atoms with Crippen LogP contribution in [0, 0.1) is 0 Å². The van der Waals surface area contributed by atoms with E-state index in [1.54, 1.807) is 0 Å². The van der Waals surface area contributed by atoms with Crippen molar-refractivity contribution >= 4 is 6.08 Å². The molecule has 20 heavy (non-hydrogen) atoms. The minimum Gasteiger partial charge on any atom is -0.303 e. The minimum absolute atomic E-state index is 0.237. The Balaban J connectivity index is 1.83. The Bertz CT molecular complexity index is 769. The van der Waals surface area contributed by atoms with E-state index in [4.69, 9.17) is 0 Å². The molecule has 0 bridgehead atoms. The highest BCUT2D eigenvalue weighted by Crippen LogP contribution is 2.35. The molecule has 1 aliphatic rings. The molecular weight excluding hydrogens is 244 g/mol. The van der Waals surface area contributed by atoms with Crippen molar-refractivity contribution in [1.29, 1.82) is 0 Å². The molecule has 0 N–H and O–H groups in total. The Morgan fingerprint density at radius 3 is 2.60 bits per heavy atom. The van der Waals surface area contributed by atoms with Gasteiger partial charge < -0.3 is 4.57 Å². The third kappa shape index (κ3) is 1.69. The van der Waals surface area contributed by atoms with Gasteiger partial charge in [-0.1, -0.05) is 54.6 Å². The topological polar surface area (TPSA) is 17.8 Å². The van der Waals surface area contributed by atoms with Crippen molar-refractivity contribution in [3.05, 3.63) is 90.0 Å². The molecule has 1 aromatic heterocycles. The van der Waals surface area contributed by atoms with Gasteiger partial charge in [0.05, 0.1) is 5.92 Å². The normalized spacial score (nSPS) is 16.3. The van der Waals surface area contributed by atoms with Crippen LogP contribution in [-0.4, -0.2) is 9.55 Å². The molecule has 3 aromatic rings. The number of rotatable bonds is 2. The smallest absolute Gasteiger partial charge is 0.124 e. The molecule has 2 aromatic carbocycles. The van der Waals surface area contributed by atoms with Crippen LogP contribution < -0.4 is 0 Å². The van der Waals surface area contributed by atoms with Crippen molar-refractivity contribution in [1.82, 2.24) is 9.55 Å². The molecule has 2 nitrogen and oxygen atoms in total. The van der Waals surface area contributed by atoms with Gasteiger partial charge in [-0.3, -0.25) is 0 Å². The van der Waals surface area contributed by atoms with E-state index in [1.165, 1.54) is 11.1 Å². The average Bonchev–Trinajstić information content (AvgIpc) is 3.14. The fourth-order valence-corrected chi connectivity index (χ4v) is 2.83. The summed E-state index contributed by atoms with van der Waals surface area (Å²) >= 11 is 0. The van der Waals surface area contributed by atoms with Gasteiger partial charge in [-0.25, -0.2) is 4.98 Å². The molecule has 0 spiro atoms. The quantitative estimate of drug-likeness (QED) is 0.678. The predicted molar refractivity (Wildman–Crippen MR) is 80.9 cm³/mol. The second-order valence-electron chi connectivity index (χ2n) is 4.96. The summed E-state index contributed by atoms with van der Waals surface area (Å²) in [5.41, 5.74) is 3.77. The zero-order valence-corrected chi connectivity index (χ0v) is 11.0. The lowest BCUT2D eigenvalue weighted by atomic mass is 10.00. The monoisotopic (exact) mass is 258 g/mol. The first kappa shape index (κ1) is 11.2. The van der Waals surface area contributed by atoms with Crippen molar-refractivity contribution in [2.45, 2.75) is 5.92 Å². The summed E-state index contributed by atoms with van der Waals surface area (Å²) in [6.45, 7) is 0. The number of aromatic nitrogens is 2. The van der Waals surface area contributed by atoms with Crippen LogP contribution >= 0.6 is 0 Å². The minimum atomic E-state index is 0.237. The highest BCUT2D eigenvalue weighted by Gasteiger charge is 2.22. The number of para-hydroxylation sites is 1. The fourth-order valence-electron chi connectivity index (χ4n) is 2.83. The second kappa shape index (κ2) is 4.49. The molecule has 0 fully saturated rings. The highest BCUT2D eigenvalue weighted by molar-refractivity contribution is 5.64. The SMILES string of the molecule is C1=CC(c2nccn2-c2ccccc2)c2ccccc21. The first-order chi connectivity index (χ1) is 9.93. The fraction of sp³-hybridized carbons (Fsp3) is 0.0556. The molecule has 4 rings (SSSR count). The predicted octanol–water partition coefficient (Wildman–Crippen LogP) is 4.03. The maximum Gasteiger partial charge on any atom is 0.124 e. The summed E-state index contributed by atoms with van der Waals surface area (Å²) < 4.78 is 2.16. The molecule has 0 saturated heterocycles. The molecule has 1 heterocycles. The van der Waals surface area contributed by atoms with Gasteiger partial charge in [-0.2, -0.15) is 0 Å². The molecule has 0 radical (unpaired) electrons. The third-order valence-electron chi connectivity index (χ3n) is 3.78. The van der Waals surface area contributed by atoms with E-state index in [0.717, 1.165) is 11.5 Å². The number of hydrogen-bond acceptors (Lipinski definition) is 1. The zero-order valence-electron chi connectivity index (χ0n) is 11.0. The summed E-state index contributed by atoms with van der Waals surface area (Å²) in [6.07, 6.45) is 8.31. The first-order valence-corrected chi connectivity index (χ1v) is 6.79. The zero-order chi connectivity index (χ0) is 13.4. The van der Waals surface area contributed by atoms with Gasteiger partial charge in [0, 0.05) is 18.1 Å². The van der Waals surface area contributed by atoms with E-state index in [9.17, 15) is 0 Å². The van der Waals surface area contributed by atoms with Crippen LogP contribution in [0.15, 0.2) is 73.1 Å². The van der Waals surface area contributed by atoms with Crippen LogP contribution in [0.3, 0.4) is 0 Å². The van der Waals surface area contributed by atoms with Gasteiger partial charge in [0.2, 0.25) is 0 Å². The van der Waals surface area contributed by atoms with Crippen molar-refractivity contribution in [2.24, 2.45) is 0 Å². The van der Waals surface area contributed by atoms with Crippen LogP contribution in [0.1, 0.15) is 22.9 Å². The Hall–Kier alpha value is -2.61. The van der Waals surface area contributed by atoms with E-state index in [0.29, 0.717) is 0 Å². The number of allylic oxidation sites excluding steroid dienone is 1. The number of benzene rings is 2. The van der Waals surface area contributed by atoms with E-state index >= 15 is 0 Å². The standard InChI is InChI=1S/C18H14N2/c1-2-7-15(8-3-1)20-13-12-19-18(20)17-11-10-14-6-4-5-9-16(14)17/h1-13,17H. The molecule has 0 aliphatic heterocycles. The highest BCUT2D eigenvalue weighted by atomic mass is 15.1. The van der Waals surface area contributed by atoms with E-state index in [1.807, 2.05) is 18.5 Å². The van der Waals surface area contributed by atoms with E-state index < -0.39 is 0 Å². The summed E-state index contributed by atoms with van der Waals surface area (Å²) in [6, 6.07) is 18.9. The van der Waals surface area contributed by atoms with E-state index in [2.05, 4.69) is 70.2 Å². The lowest BCUT2D eigenvalue weighted by Crippen LogP contribution is -2.05. The van der Waals surface area contributed by atoms with Crippen LogP contribution in [-0.2, 0) is 0 Å². The molecule has 2 heteroatoms. The molecule has 0 amide bonds. The molecule has 1 atom stereocenters. The van der Waals surface area contributed by atoms with Crippen molar-refractivity contribution in [2.75, 3.05) is 0 Å². The van der Waals surface area contributed by atoms with Gasteiger partial charge in [0.15, 0.2) is 0 Å². The molecule has 0 saturated carbocycles.